The molecule has 2 unspecified atom stereocenters. The van der Waals surface area contributed by atoms with E-state index in [2.05, 4.69) is 5.32 Å². The fourth-order valence-electron chi connectivity index (χ4n) is 2.82. The lowest BCUT2D eigenvalue weighted by Gasteiger charge is -2.21. The maximum Gasteiger partial charge on any atom is 0.321 e. The van der Waals surface area contributed by atoms with Crippen molar-refractivity contribution < 1.29 is 33.3 Å². The van der Waals surface area contributed by atoms with Crippen LogP contribution < -0.4 is 10.1 Å². The zero-order valence-corrected chi connectivity index (χ0v) is 16.1. The monoisotopic (exact) mass is 407 g/mol. The molecular formula is C21H23F2NO5. The molecule has 0 radical (unpaired) electrons. The van der Waals surface area contributed by atoms with Gasteiger partial charge in [-0.15, -0.1) is 0 Å². The van der Waals surface area contributed by atoms with Gasteiger partial charge in [-0.25, -0.2) is 8.78 Å². The highest BCUT2D eigenvalue weighted by atomic mass is 19.1. The van der Waals surface area contributed by atoms with Crippen LogP contribution in [0, 0.1) is 17.6 Å². The molecule has 0 saturated carbocycles. The number of hydrogen-bond donors (Lipinski definition) is 3. The first kappa shape index (κ1) is 22.3. The molecule has 0 bridgehead atoms. The smallest absolute Gasteiger partial charge is 0.321 e. The summed E-state index contributed by atoms with van der Waals surface area (Å²) in [4.78, 5) is 23.0. The molecule has 0 aliphatic rings. The van der Waals surface area contributed by atoms with Gasteiger partial charge in [0.1, 0.15) is 35.2 Å². The van der Waals surface area contributed by atoms with Crippen molar-refractivity contribution in [2.24, 2.45) is 5.92 Å². The predicted molar refractivity (Wildman–Crippen MR) is 102 cm³/mol. The summed E-state index contributed by atoms with van der Waals surface area (Å²) in [7, 11) is 0. The molecule has 2 rings (SSSR count). The summed E-state index contributed by atoms with van der Waals surface area (Å²) in [5.41, 5.74) is 0.636. The van der Waals surface area contributed by atoms with Gasteiger partial charge in [0, 0.05) is 18.2 Å². The van der Waals surface area contributed by atoms with E-state index >= 15 is 0 Å². The van der Waals surface area contributed by atoms with Gasteiger partial charge in [-0.3, -0.25) is 14.9 Å². The summed E-state index contributed by atoms with van der Waals surface area (Å²) in [6.07, 6.45) is 0.363. The van der Waals surface area contributed by atoms with Crippen LogP contribution in [-0.2, 0) is 16.0 Å². The predicted octanol–water partition coefficient (Wildman–Crippen LogP) is 3.84. The molecule has 0 heterocycles. The zero-order valence-electron chi connectivity index (χ0n) is 16.1. The standard InChI is InChI=1S/C21H23F2NO5/c1-12(2)7-18(20(25)26)24-19(21(27)28)8-13-3-5-16(6-4-13)29-17-10-14(22)9-15(23)11-17/h3-6,9-12,18-19,24H,7-8H2,1-2H3,(H,25,26)(H,27,28). The van der Waals surface area contributed by atoms with E-state index in [1.54, 1.807) is 24.3 Å². The summed E-state index contributed by atoms with van der Waals surface area (Å²) in [6, 6.07) is 7.07. The molecule has 6 nitrogen and oxygen atoms in total. The van der Waals surface area contributed by atoms with Crippen molar-refractivity contribution in [2.45, 2.75) is 38.8 Å². The van der Waals surface area contributed by atoms with Crippen molar-refractivity contribution in [1.82, 2.24) is 5.32 Å². The first-order chi connectivity index (χ1) is 13.6. The van der Waals surface area contributed by atoms with E-state index in [1.165, 1.54) is 0 Å². The van der Waals surface area contributed by atoms with Gasteiger partial charge < -0.3 is 14.9 Å². The van der Waals surface area contributed by atoms with E-state index in [1.807, 2.05) is 13.8 Å². The SMILES string of the molecule is CC(C)CC(NC(Cc1ccc(Oc2cc(F)cc(F)c2)cc1)C(=O)O)C(=O)O. The second-order valence-corrected chi connectivity index (χ2v) is 7.13. The molecule has 0 fully saturated rings. The van der Waals surface area contributed by atoms with E-state index in [0.717, 1.165) is 18.2 Å². The number of carboxylic acids is 2. The Morgan fingerprint density at radius 3 is 1.97 bits per heavy atom. The van der Waals surface area contributed by atoms with Crippen LogP contribution in [0.15, 0.2) is 42.5 Å². The molecule has 2 aromatic rings. The van der Waals surface area contributed by atoms with E-state index in [9.17, 15) is 28.6 Å². The van der Waals surface area contributed by atoms with Gasteiger partial charge in [0.25, 0.3) is 0 Å². The quantitative estimate of drug-likeness (QED) is 0.554. The van der Waals surface area contributed by atoms with Gasteiger partial charge in [-0.1, -0.05) is 26.0 Å². The van der Waals surface area contributed by atoms with Crippen LogP contribution in [0.2, 0.25) is 0 Å². The number of nitrogens with one attached hydrogen (secondary N) is 1. The van der Waals surface area contributed by atoms with Crippen LogP contribution in [0.5, 0.6) is 11.5 Å². The molecule has 156 valence electrons. The number of carbonyl (C=O) groups is 2. The van der Waals surface area contributed by atoms with Gasteiger partial charge in [0.05, 0.1) is 0 Å². The summed E-state index contributed by atoms with van der Waals surface area (Å²) in [5, 5.41) is 21.4. The fraction of sp³-hybridized carbons (Fsp3) is 0.333. The lowest BCUT2D eigenvalue weighted by molar-refractivity contribution is -0.142. The Kier molecular flexibility index (Phi) is 7.67. The van der Waals surface area contributed by atoms with Crippen molar-refractivity contribution >= 4 is 11.9 Å². The molecule has 0 amide bonds. The molecule has 2 aromatic carbocycles. The summed E-state index contributed by atoms with van der Waals surface area (Å²) in [6.45, 7) is 3.72. The average molecular weight is 407 g/mol. The van der Waals surface area contributed by atoms with Crippen molar-refractivity contribution in [3.63, 3.8) is 0 Å². The van der Waals surface area contributed by atoms with Gasteiger partial charge in [-0.05, 0) is 36.5 Å². The molecule has 0 spiro atoms. The zero-order chi connectivity index (χ0) is 21.6. The van der Waals surface area contributed by atoms with E-state index in [4.69, 9.17) is 4.74 Å². The molecule has 0 aliphatic heterocycles. The van der Waals surface area contributed by atoms with Crippen molar-refractivity contribution in [2.75, 3.05) is 0 Å². The fourth-order valence-corrected chi connectivity index (χ4v) is 2.82. The Labute approximate surface area is 167 Å². The van der Waals surface area contributed by atoms with Crippen LogP contribution in [0.25, 0.3) is 0 Å². The lowest BCUT2D eigenvalue weighted by Crippen LogP contribution is -2.48. The van der Waals surface area contributed by atoms with Crippen LogP contribution in [0.1, 0.15) is 25.8 Å². The third-order valence-electron chi connectivity index (χ3n) is 4.14. The number of benzene rings is 2. The highest BCUT2D eigenvalue weighted by Crippen LogP contribution is 2.24. The van der Waals surface area contributed by atoms with E-state index in [-0.39, 0.29) is 18.1 Å². The summed E-state index contributed by atoms with van der Waals surface area (Å²) >= 11 is 0. The summed E-state index contributed by atoms with van der Waals surface area (Å²) in [5.74, 6) is -3.38. The second kappa shape index (κ2) is 9.97. The number of halogens is 2. The molecule has 0 saturated heterocycles. The second-order valence-electron chi connectivity index (χ2n) is 7.13. The number of hydrogen-bond acceptors (Lipinski definition) is 4. The van der Waals surface area contributed by atoms with Gasteiger partial charge in [0.15, 0.2) is 0 Å². The van der Waals surface area contributed by atoms with Crippen LogP contribution >= 0.6 is 0 Å². The topological polar surface area (TPSA) is 95.9 Å². The minimum Gasteiger partial charge on any atom is -0.480 e. The van der Waals surface area contributed by atoms with Gasteiger partial charge in [-0.2, -0.15) is 0 Å². The first-order valence-electron chi connectivity index (χ1n) is 9.08. The molecule has 0 aliphatic carbocycles. The minimum absolute atomic E-state index is 0.00156. The Hall–Kier alpha value is -3.00. The Bertz CT molecular complexity index is 834. The van der Waals surface area contributed by atoms with Crippen LogP contribution in [0.4, 0.5) is 8.78 Å². The highest BCUT2D eigenvalue weighted by molar-refractivity contribution is 5.77. The molecule has 3 N–H and O–H groups in total. The van der Waals surface area contributed by atoms with E-state index < -0.39 is 35.7 Å². The maximum absolute atomic E-state index is 13.2. The number of carboxylic acid groups (broad SMARTS) is 2. The van der Waals surface area contributed by atoms with Gasteiger partial charge >= 0.3 is 11.9 Å². The number of rotatable bonds is 10. The average Bonchev–Trinajstić information content (AvgIpc) is 2.60. The lowest BCUT2D eigenvalue weighted by atomic mass is 10.0. The molecule has 8 heteroatoms. The van der Waals surface area contributed by atoms with Crippen LogP contribution in [0.3, 0.4) is 0 Å². The summed E-state index contributed by atoms with van der Waals surface area (Å²) < 4.78 is 31.9. The molecule has 0 aromatic heterocycles. The Balaban J connectivity index is 2.06. The normalized spacial score (nSPS) is 13.1. The largest absolute Gasteiger partial charge is 0.480 e. The third kappa shape index (κ3) is 7.15. The molecular weight excluding hydrogens is 384 g/mol. The van der Waals surface area contributed by atoms with Crippen molar-refractivity contribution in [3.8, 4) is 11.5 Å². The Morgan fingerprint density at radius 1 is 0.931 bits per heavy atom. The number of aliphatic carboxylic acids is 2. The van der Waals surface area contributed by atoms with Crippen molar-refractivity contribution in [1.29, 1.82) is 0 Å². The first-order valence-corrected chi connectivity index (χ1v) is 9.08. The maximum atomic E-state index is 13.2. The van der Waals surface area contributed by atoms with Crippen molar-refractivity contribution in [3.05, 3.63) is 59.7 Å². The number of ether oxygens (including phenoxy) is 1. The highest BCUT2D eigenvalue weighted by Gasteiger charge is 2.26. The van der Waals surface area contributed by atoms with E-state index in [0.29, 0.717) is 17.7 Å². The molecule has 29 heavy (non-hydrogen) atoms. The Morgan fingerprint density at radius 2 is 1.48 bits per heavy atom. The van der Waals surface area contributed by atoms with Crippen LogP contribution in [-0.4, -0.2) is 34.2 Å². The third-order valence-corrected chi connectivity index (χ3v) is 4.14. The van der Waals surface area contributed by atoms with Gasteiger partial charge in [0.2, 0.25) is 0 Å². The molecule has 2 atom stereocenters. The minimum atomic E-state index is -1.16.